The highest BCUT2D eigenvalue weighted by Gasteiger charge is 2.24. The number of hydrogen-bond acceptors (Lipinski definition) is 3. The minimum absolute atomic E-state index is 0.211. The molecule has 0 aliphatic carbocycles. The van der Waals surface area contributed by atoms with Crippen molar-refractivity contribution in [3.8, 4) is 11.5 Å². The van der Waals surface area contributed by atoms with E-state index in [1.807, 2.05) is 12.1 Å². The average Bonchev–Trinajstić information content (AvgIpc) is 2.73. The molecule has 0 aromatic heterocycles. The average molecular weight is 264 g/mol. The van der Waals surface area contributed by atoms with Crippen LogP contribution in [0.5, 0.6) is 11.5 Å². The molecule has 106 valence electrons. The van der Waals surface area contributed by atoms with E-state index in [0.717, 1.165) is 36.3 Å². The molecule has 0 radical (unpaired) electrons. The van der Waals surface area contributed by atoms with Gasteiger partial charge in [-0.3, -0.25) is 0 Å². The molecule has 1 aromatic rings. The van der Waals surface area contributed by atoms with E-state index in [0.29, 0.717) is 5.92 Å². The number of benzene rings is 1. The van der Waals surface area contributed by atoms with Crippen LogP contribution in [-0.2, 0) is 6.42 Å². The summed E-state index contributed by atoms with van der Waals surface area (Å²) in [5, 5.41) is 10.3. The van der Waals surface area contributed by atoms with Gasteiger partial charge in [0, 0.05) is 17.5 Å². The third kappa shape index (κ3) is 3.21. The van der Waals surface area contributed by atoms with Crippen molar-refractivity contribution >= 4 is 0 Å². The first kappa shape index (κ1) is 14.2. The molecule has 1 aliphatic rings. The highest BCUT2D eigenvalue weighted by Crippen LogP contribution is 2.38. The number of rotatable bonds is 5. The highest BCUT2D eigenvalue weighted by atomic mass is 16.5. The van der Waals surface area contributed by atoms with Crippen molar-refractivity contribution in [2.75, 3.05) is 7.11 Å². The summed E-state index contributed by atoms with van der Waals surface area (Å²) in [6.45, 7) is 6.39. The van der Waals surface area contributed by atoms with E-state index in [1.165, 1.54) is 5.56 Å². The molecule has 3 heteroatoms. The maximum Gasteiger partial charge on any atom is 0.125 e. The lowest BCUT2D eigenvalue weighted by Crippen LogP contribution is -2.05. The van der Waals surface area contributed by atoms with Crippen LogP contribution in [0, 0.1) is 5.92 Å². The van der Waals surface area contributed by atoms with Crippen LogP contribution in [0.2, 0.25) is 0 Å². The Hall–Kier alpha value is -1.22. The number of aliphatic hydroxyl groups excluding tert-OH is 1. The monoisotopic (exact) mass is 264 g/mol. The third-order valence-electron chi connectivity index (χ3n) is 3.62. The summed E-state index contributed by atoms with van der Waals surface area (Å²) in [5.41, 5.74) is 2.01. The highest BCUT2D eigenvalue weighted by molar-refractivity contribution is 5.49. The van der Waals surface area contributed by atoms with Crippen molar-refractivity contribution in [2.24, 2.45) is 5.92 Å². The normalized spacial score (nSPS) is 19.2. The molecular formula is C16H24O3. The molecule has 0 saturated heterocycles. The van der Waals surface area contributed by atoms with Crippen LogP contribution in [0.1, 0.15) is 50.8 Å². The van der Waals surface area contributed by atoms with Crippen LogP contribution < -0.4 is 9.47 Å². The zero-order valence-corrected chi connectivity index (χ0v) is 12.3. The minimum atomic E-state index is -0.484. The predicted molar refractivity (Wildman–Crippen MR) is 75.8 cm³/mol. The van der Waals surface area contributed by atoms with E-state index in [1.54, 1.807) is 7.11 Å². The van der Waals surface area contributed by atoms with Crippen LogP contribution in [0.3, 0.4) is 0 Å². The van der Waals surface area contributed by atoms with Crippen molar-refractivity contribution in [1.82, 2.24) is 0 Å². The van der Waals surface area contributed by atoms with Crippen molar-refractivity contribution in [2.45, 2.75) is 52.2 Å². The first-order valence-electron chi connectivity index (χ1n) is 7.06. The van der Waals surface area contributed by atoms with Gasteiger partial charge in [-0.2, -0.15) is 0 Å². The van der Waals surface area contributed by atoms with Crippen LogP contribution >= 0.6 is 0 Å². The summed E-state index contributed by atoms with van der Waals surface area (Å²) in [6, 6.07) is 3.95. The number of fused-ring (bicyclic) bond motifs is 1. The summed E-state index contributed by atoms with van der Waals surface area (Å²) in [7, 11) is 1.65. The lowest BCUT2D eigenvalue weighted by atomic mass is 9.97. The SMILES string of the molecule is COc1cc2c(cc1C(O)CCC(C)C)OC(C)C2. The van der Waals surface area contributed by atoms with E-state index in [2.05, 4.69) is 20.8 Å². The topological polar surface area (TPSA) is 38.7 Å². The van der Waals surface area contributed by atoms with Crippen LogP contribution in [0.25, 0.3) is 0 Å². The van der Waals surface area contributed by atoms with Gasteiger partial charge in [0.05, 0.1) is 13.2 Å². The molecule has 19 heavy (non-hydrogen) atoms. The van der Waals surface area contributed by atoms with Gasteiger partial charge in [0.2, 0.25) is 0 Å². The molecule has 1 aliphatic heterocycles. The molecule has 2 unspecified atom stereocenters. The molecule has 0 saturated carbocycles. The molecule has 2 atom stereocenters. The van der Waals surface area contributed by atoms with Gasteiger partial charge in [-0.25, -0.2) is 0 Å². The molecule has 0 bridgehead atoms. The predicted octanol–water partition coefficient (Wildman–Crippen LogP) is 3.49. The van der Waals surface area contributed by atoms with E-state index in [9.17, 15) is 5.11 Å². The van der Waals surface area contributed by atoms with Gasteiger partial charge < -0.3 is 14.6 Å². The summed E-state index contributed by atoms with van der Waals surface area (Å²) < 4.78 is 11.2. The van der Waals surface area contributed by atoms with Crippen LogP contribution in [0.4, 0.5) is 0 Å². The summed E-state index contributed by atoms with van der Waals surface area (Å²) >= 11 is 0. The molecule has 2 rings (SSSR count). The summed E-state index contributed by atoms with van der Waals surface area (Å²) in [6.07, 6.45) is 2.39. The first-order valence-corrected chi connectivity index (χ1v) is 7.06. The van der Waals surface area contributed by atoms with Gasteiger partial charge in [-0.15, -0.1) is 0 Å². The molecule has 1 aromatic carbocycles. The Morgan fingerprint density at radius 1 is 1.37 bits per heavy atom. The zero-order chi connectivity index (χ0) is 14.0. The number of hydrogen-bond donors (Lipinski definition) is 1. The van der Waals surface area contributed by atoms with Crippen molar-refractivity contribution in [1.29, 1.82) is 0 Å². The molecule has 0 spiro atoms. The Bertz CT molecular complexity index is 440. The Labute approximate surface area is 115 Å². The molecule has 0 amide bonds. The second-order valence-electron chi connectivity index (χ2n) is 5.82. The first-order chi connectivity index (χ1) is 9.01. The molecule has 1 N–H and O–H groups in total. The summed E-state index contributed by atoms with van der Waals surface area (Å²) in [5.74, 6) is 2.26. The second kappa shape index (κ2) is 5.83. The maximum absolute atomic E-state index is 10.3. The number of methoxy groups -OCH3 is 1. The zero-order valence-electron chi connectivity index (χ0n) is 12.3. The minimum Gasteiger partial charge on any atom is -0.496 e. The Morgan fingerprint density at radius 3 is 2.74 bits per heavy atom. The lowest BCUT2D eigenvalue weighted by molar-refractivity contribution is 0.154. The smallest absolute Gasteiger partial charge is 0.125 e. The maximum atomic E-state index is 10.3. The Balaban J connectivity index is 2.22. The molecule has 1 heterocycles. The van der Waals surface area contributed by atoms with E-state index in [-0.39, 0.29) is 6.10 Å². The van der Waals surface area contributed by atoms with E-state index >= 15 is 0 Å². The molecule has 3 nitrogen and oxygen atoms in total. The van der Waals surface area contributed by atoms with Crippen molar-refractivity contribution in [3.05, 3.63) is 23.3 Å². The van der Waals surface area contributed by atoms with E-state index in [4.69, 9.17) is 9.47 Å². The number of ether oxygens (including phenoxy) is 2. The van der Waals surface area contributed by atoms with Gasteiger partial charge in [0.1, 0.15) is 17.6 Å². The second-order valence-corrected chi connectivity index (χ2v) is 5.82. The third-order valence-corrected chi connectivity index (χ3v) is 3.62. The van der Waals surface area contributed by atoms with E-state index < -0.39 is 6.10 Å². The fourth-order valence-corrected chi connectivity index (χ4v) is 2.54. The fourth-order valence-electron chi connectivity index (χ4n) is 2.54. The standard InChI is InChI=1S/C16H24O3/c1-10(2)5-6-14(17)13-9-15-12(7-11(3)19-15)8-16(13)18-4/h8-11,14,17H,5-7H2,1-4H3. The van der Waals surface area contributed by atoms with Crippen LogP contribution in [-0.4, -0.2) is 18.3 Å². The van der Waals surface area contributed by atoms with Gasteiger partial charge in [0.15, 0.2) is 0 Å². The fraction of sp³-hybridized carbons (Fsp3) is 0.625. The quantitative estimate of drug-likeness (QED) is 0.884. The van der Waals surface area contributed by atoms with Crippen LogP contribution in [0.15, 0.2) is 12.1 Å². The largest absolute Gasteiger partial charge is 0.496 e. The van der Waals surface area contributed by atoms with Gasteiger partial charge >= 0.3 is 0 Å². The number of aliphatic hydroxyl groups is 1. The van der Waals surface area contributed by atoms with Gasteiger partial charge in [0.25, 0.3) is 0 Å². The molecular weight excluding hydrogens is 240 g/mol. The van der Waals surface area contributed by atoms with Gasteiger partial charge in [-0.05, 0) is 37.8 Å². The summed E-state index contributed by atoms with van der Waals surface area (Å²) in [4.78, 5) is 0. The van der Waals surface area contributed by atoms with Crippen molar-refractivity contribution in [3.63, 3.8) is 0 Å². The van der Waals surface area contributed by atoms with Gasteiger partial charge in [-0.1, -0.05) is 13.8 Å². The Kier molecular flexibility index (Phi) is 4.35. The Morgan fingerprint density at radius 2 is 2.11 bits per heavy atom. The van der Waals surface area contributed by atoms with Crippen molar-refractivity contribution < 1.29 is 14.6 Å². The lowest BCUT2D eigenvalue weighted by Gasteiger charge is -2.17. The molecule has 0 fully saturated rings.